The Morgan fingerprint density at radius 1 is 1.26 bits per heavy atom. The standard InChI is InChI=1S/C24H22N2O7S/c1-5-31-23(29)20-13(2)25-24-26(22(28)19(34-24)12-16-7-6-10-32-16)21(20)15-8-9-17(33-14(3)27)18(11-15)30-4/h6-12,21H,5H2,1-4H3/t21-/m1/s1. The van der Waals surface area contributed by atoms with Crippen LogP contribution < -0.4 is 24.4 Å². The van der Waals surface area contributed by atoms with Crippen molar-refractivity contribution in [2.24, 2.45) is 4.99 Å². The van der Waals surface area contributed by atoms with Crippen molar-refractivity contribution in [1.82, 2.24) is 4.57 Å². The second-order valence-electron chi connectivity index (χ2n) is 7.32. The topological polar surface area (TPSA) is 109 Å². The first kappa shape index (κ1) is 23.2. The molecule has 0 saturated carbocycles. The molecule has 0 saturated heterocycles. The van der Waals surface area contributed by atoms with Crippen molar-refractivity contribution in [2.45, 2.75) is 26.8 Å². The minimum absolute atomic E-state index is 0.167. The highest BCUT2D eigenvalue weighted by molar-refractivity contribution is 7.07. The first-order valence-electron chi connectivity index (χ1n) is 10.4. The maximum atomic E-state index is 13.5. The number of hydrogen-bond acceptors (Lipinski definition) is 9. The maximum absolute atomic E-state index is 13.5. The average molecular weight is 483 g/mol. The number of carbonyl (C=O) groups is 2. The second kappa shape index (κ2) is 9.52. The summed E-state index contributed by atoms with van der Waals surface area (Å²) in [4.78, 5) is 42.9. The molecule has 2 aromatic heterocycles. The van der Waals surface area contributed by atoms with Crippen LogP contribution in [0.25, 0.3) is 6.08 Å². The first-order valence-corrected chi connectivity index (χ1v) is 11.2. The van der Waals surface area contributed by atoms with E-state index in [4.69, 9.17) is 18.6 Å². The molecule has 10 heteroatoms. The smallest absolute Gasteiger partial charge is 0.338 e. The number of aromatic nitrogens is 1. The number of benzene rings is 1. The van der Waals surface area contributed by atoms with Crippen LogP contribution in [-0.4, -0.2) is 30.2 Å². The second-order valence-corrected chi connectivity index (χ2v) is 8.33. The Balaban J connectivity index is 1.95. The molecular formula is C24H22N2O7S. The quantitative estimate of drug-likeness (QED) is 0.392. The number of hydrogen-bond donors (Lipinski definition) is 0. The van der Waals surface area contributed by atoms with Gasteiger partial charge in [0.2, 0.25) is 0 Å². The van der Waals surface area contributed by atoms with Gasteiger partial charge in [0.05, 0.1) is 41.8 Å². The molecule has 1 aliphatic heterocycles. The van der Waals surface area contributed by atoms with E-state index < -0.39 is 18.0 Å². The number of furan rings is 1. The van der Waals surface area contributed by atoms with E-state index in [1.165, 1.54) is 36.2 Å². The summed E-state index contributed by atoms with van der Waals surface area (Å²) >= 11 is 1.19. The van der Waals surface area contributed by atoms with Gasteiger partial charge in [0.1, 0.15) is 5.76 Å². The van der Waals surface area contributed by atoms with Gasteiger partial charge in [0, 0.05) is 13.0 Å². The van der Waals surface area contributed by atoms with Crippen LogP contribution in [0.1, 0.15) is 38.1 Å². The Hall–Kier alpha value is -3.92. The van der Waals surface area contributed by atoms with Crippen molar-refractivity contribution in [3.8, 4) is 11.5 Å². The fourth-order valence-corrected chi connectivity index (χ4v) is 4.73. The molecule has 0 spiro atoms. The van der Waals surface area contributed by atoms with Crippen LogP contribution in [-0.2, 0) is 14.3 Å². The Morgan fingerprint density at radius 2 is 2.06 bits per heavy atom. The Kier molecular flexibility index (Phi) is 6.51. The monoisotopic (exact) mass is 482 g/mol. The van der Waals surface area contributed by atoms with Crippen molar-refractivity contribution in [2.75, 3.05) is 13.7 Å². The average Bonchev–Trinajstić information content (AvgIpc) is 3.41. The highest BCUT2D eigenvalue weighted by Crippen LogP contribution is 2.36. The maximum Gasteiger partial charge on any atom is 0.338 e. The fraction of sp³-hybridized carbons (Fsp3) is 0.250. The van der Waals surface area contributed by atoms with Crippen molar-refractivity contribution in [1.29, 1.82) is 0 Å². The molecule has 1 aromatic carbocycles. The van der Waals surface area contributed by atoms with Gasteiger partial charge < -0.3 is 18.6 Å². The molecule has 3 aromatic rings. The van der Waals surface area contributed by atoms with Gasteiger partial charge in [0.15, 0.2) is 16.3 Å². The van der Waals surface area contributed by atoms with Crippen LogP contribution in [0.4, 0.5) is 0 Å². The number of carbonyl (C=O) groups excluding carboxylic acids is 2. The van der Waals surface area contributed by atoms with Gasteiger partial charge in [0.25, 0.3) is 5.56 Å². The molecule has 9 nitrogen and oxygen atoms in total. The first-order chi connectivity index (χ1) is 16.3. The lowest BCUT2D eigenvalue weighted by molar-refractivity contribution is -0.139. The minimum atomic E-state index is -0.825. The van der Waals surface area contributed by atoms with Gasteiger partial charge in [-0.15, -0.1) is 0 Å². The molecule has 1 atom stereocenters. The summed E-state index contributed by atoms with van der Waals surface area (Å²) < 4.78 is 23.1. The lowest BCUT2D eigenvalue weighted by atomic mass is 9.95. The van der Waals surface area contributed by atoms with Gasteiger partial charge in [-0.25, -0.2) is 9.79 Å². The van der Waals surface area contributed by atoms with Crippen molar-refractivity contribution in [3.63, 3.8) is 0 Å². The van der Waals surface area contributed by atoms with Crippen LogP contribution >= 0.6 is 11.3 Å². The largest absolute Gasteiger partial charge is 0.493 e. The molecule has 0 bridgehead atoms. The van der Waals surface area contributed by atoms with E-state index >= 15 is 0 Å². The van der Waals surface area contributed by atoms with Crippen LogP contribution in [0.15, 0.2) is 62.1 Å². The lowest BCUT2D eigenvalue weighted by Crippen LogP contribution is -2.39. The highest BCUT2D eigenvalue weighted by Gasteiger charge is 2.34. The molecule has 1 aliphatic rings. The number of esters is 2. The zero-order chi connectivity index (χ0) is 24.4. The Labute approximate surface area is 198 Å². The summed E-state index contributed by atoms with van der Waals surface area (Å²) in [5.74, 6) is -0.0433. The van der Waals surface area contributed by atoms with Gasteiger partial charge in [-0.1, -0.05) is 17.4 Å². The number of nitrogens with zero attached hydrogens (tertiary/aromatic N) is 2. The van der Waals surface area contributed by atoms with E-state index in [1.54, 1.807) is 50.3 Å². The number of thiazole rings is 1. The van der Waals surface area contributed by atoms with E-state index in [-0.39, 0.29) is 29.2 Å². The van der Waals surface area contributed by atoms with Gasteiger partial charge in [-0.3, -0.25) is 14.2 Å². The molecule has 176 valence electrons. The van der Waals surface area contributed by atoms with Gasteiger partial charge in [-0.05, 0) is 43.7 Å². The van der Waals surface area contributed by atoms with Crippen molar-refractivity contribution in [3.05, 3.63) is 78.9 Å². The third kappa shape index (κ3) is 4.32. The predicted molar refractivity (Wildman–Crippen MR) is 123 cm³/mol. The minimum Gasteiger partial charge on any atom is -0.493 e. The third-order valence-electron chi connectivity index (χ3n) is 5.09. The molecule has 34 heavy (non-hydrogen) atoms. The predicted octanol–water partition coefficient (Wildman–Crippen LogP) is 2.33. The van der Waals surface area contributed by atoms with E-state index in [9.17, 15) is 14.4 Å². The zero-order valence-electron chi connectivity index (χ0n) is 19.0. The zero-order valence-corrected chi connectivity index (χ0v) is 19.8. The van der Waals surface area contributed by atoms with Crippen LogP contribution in [0.2, 0.25) is 0 Å². The number of allylic oxidation sites excluding steroid dienone is 1. The van der Waals surface area contributed by atoms with Crippen molar-refractivity contribution < 1.29 is 28.2 Å². The van der Waals surface area contributed by atoms with E-state index in [0.717, 1.165) is 0 Å². The molecule has 0 amide bonds. The summed E-state index contributed by atoms with van der Waals surface area (Å²) in [6, 6.07) is 7.51. The molecule has 3 heterocycles. The highest BCUT2D eigenvalue weighted by atomic mass is 32.1. The summed E-state index contributed by atoms with van der Waals surface area (Å²) in [6.45, 7) is 4.86. The lowest BCUT2D eigenvalue weighted by Gasteiger charge is -2.25. The van der Waals surface area contributed by atoms with Crippen LogP contribution in [0.3, 0.4) is 0 Å². The molecule has 0 aliphatic carbocycles. The van der Waals surface area contributed by atoms with E-state index in [1.807, 2.05) is 0 Å². The Bertz CT molecular complexity index is 1460. The number of methoxy groups -OCH3 is 1. The molecule has 0 N–H and O–H groups in total. The summed E-state index contributed by atoms with van der Waals surface area (Å²) in [5.41, 5.74) is 0.914. The molecular weight excluding hydrogens is 460 g/mol. The third-order valence-corrected chi connectivity index (χ3v) is 6.07. The van der Waals surface area contributed by atoms with Crippen molar-refractivity contribution >= 4 is 29.4 Å². The fourth-order valence-electron chi connectivity index (χ4n) is 3.70. The molecule has 4 rings (SSSR count). The SMILES string of the molecule is CCOC(=O)C1=C(C)N=c2sc(=Cc3ccco3)c(=O)n2[C@@H]1c1ccc(OC(C)=O)c(OC)c1. The normalized spacial score (nSPS) is 15.5. The van der Waals surface area contributed by atoms with Gasteiger partial charge in [-0.2, -0.15) is 0 Å². The molecule has 0 unspecified atom stereocenters. The number of rotatable bonds is 6. The van der Waals surface area contributed by atoms with Gasteiger partial charge >= 0.3 is 11.9 Å². The van der Waals surface area contributed by atoms with E-state index in [2.05, 4.69) is 4.99 Å². The molecule has 0 radical (unpaired) electrons. The summed E-state index contributed by atoms with van der Waals surface area (Å²) in [6.07, 6.45) is 3.15. The van der Waals surface area contributed by atoms with Crippen LogP contribution in [0.5, 0.6) is 11.5 Å². The van der Waals surface area contributed by atoms with Crippen LogP contribution in [0, 0.1) is 0 Å². The number of ether oxygens (including phenoxy) is 3. The number of fused-ring (bicyclic) bond motifs is 1. The Morgan fingerprint density at radius 3 is 2.71 bits per heavy atom. The summed E-state index contributed by atoms with van der Waals surface area (Å²) in [7, 11) is 1.44. The summed E-state index contributed by atoms with van der Waals surface area (Å²) in [5, 5.41) is 0. The van der Waals surface area contributed by atoms with E-state index in [0.29, 0.717) is 26.4 Å². The molecule has 0 fully saturated rings.